The summed E-state index contributed by atoms with van der Waals surface area (Å²) in [7, 11) is 1.88. The lowest BCUT2D eigenvalue weighted by atomic mass is 10.2. The van der Waals surface area contributed by atoms with E-state index in [4.69, 9.17) is 11.6 Å². The number of aryl methyl sites for hydroxylation is 1. The van der Waals surface area contributed by atoms with Crippen LogP contribution >= 0.6 is 22.9 Å². The third-order valence-electron chi connectivity index (χ3n) is 4.38. The van der Waals surface area contributed by atoms with Crippen molar-refractivity contribution in [3.05, 3.63) is 70.1 Å². The molecule has 4 rings (SSSR count). The van der Waals surface area contributed by atoms with Gasteiger partial charge in [-0.2, -0.15) is 13.2 Å². The molecule has 148 valence electrons. The van der Waals surface area contributed by atoms with E-state index in [-0.39, 0.29) is 10.7 Å². The Kier molecular flexibility index (Phi) is 4.84. The van der Waals surface area contributed by atoms with Crippen molar-refractivity contribution >= 4 is 45.6 Å². The minimum absolute atomic E-state index is 0.0264. The average Bonchev–Trinajstić information content (AvgIpc) is 3.28. The van der Waals surface area contributed by atoms with Crippen molar-refractivity contribution in [3.8, 4) is 10.7 Å². The molecular formula is C20H13ClF3N3OS. The number of fused-ring (bicyclic) bond motifs is 1. The first-order valence-electron chi connectivity index (χ1n) is 8.44. The molecule has 29 heavy (non-hydrogen) atoms. The molecule has 0 aliphatic heterocycles. The van der Waals surface area contributed by atoms with E-state index < -0.39 is 17.6 Å². The number of thiophene rings is 1. The number of imidazole rings is 1. The van der Waals surface area contributed by atoms with Crippen LogP contribution in [0.2, 0.25) is 5.02 Å². The number of rotatable bonds is 3. The molecule has 0 unspecified atom stereocenters. The van der Waals surface area contributed by atoms with Crippen LogP contribution in [0.25, 0.3) is 21.7 Å². The van der Waals surface area contributed by atoms with E-state index in [0.29, 0.717) is 10.7 Å². The molecule has 0 bridgehead atoms. The van der Waals surface area contributed by atoms with E-state index in [1.165, 1.54) is 11.3 Å². The lowest BCUT2D eigenvalue weighted by molar-refractivity contribution is -0.137. The average molecular weight is 436 g/mol. The summed E-state index contributed by atoms with van der Waals surface area (Å²) in [6.45, 7) is 0. The lowest BCUT2D eigenvalue weighted by Gasteiger charge is -2.11. The number of carbonyl (C=O) groups is 1. The second kappa shape index (κ2) is 7.20. The Hall–Kier alpha value is -2.84. The number of para-hydroxylation sites is 2. The third-order valence-corrected chi connectivity index (χ3v) is 5.79. The maximum atomic E-state index is 12.9. The normalized spacial score (nSPS) is 11.8. The molecular weight excluding hydrogens is 423 g/mol. The van der Waals surface area contributed by atoms with Gasteiger partial charge in [-0.25, -0.2) is 4.98 Å². The molecule has 9 heteroatoms. The summed E-state index contributed by atoms with van der Waals surface area (Å²) in [6, 6.07) is 13.8. The molecule has 0 saturated heterocycles. The van der Waals surface area contributed by atoms with Crippen LogP contribution < -0.4 is 5.32 Å². The van der Waals surface area contributed by atoms with E-state index in [9.17, 15) is 18.0 Å². The van der Waals surface area contributed by atoms with Gasteiger partial charge in [-0.1, -0.05) is 23.7 Å². The van der Waals surface area contributed by atoms with Crippen molar-refractivity contribution in [2.24, 2.45) is 7.05 Å². The maximum absolute atomic E-state index is 12.9. The molecule has 4 nitrogen and oxygen atoms in total. The third kappa shape index (κ3) is 3.73. The minimum atomic E-state index is -4.53. The molecule has 0 radical (unpaired) electrons. The van der Waals surface area contributed by atoms with E-state index >= 15 is 0 Å². The summed E-state index contributed by atoms with van der Waals surface area (Å²) in [4.78, 5) is 18.3. The second-order valence-corrected chi connectivity index (χ2v) is 7.78. The Bertz CT molecular complexity index is 1230. The van der Waals surface area contributed by atoms with Crippen molar-refractivity contribution in [2.45, 2.75) is 6.18 Å². The van der Waals surface area contributed by atoms with Crippen LogP contribution in [0, 0.1) is 0 Å². The van der Waals surface area contributed by atoms with Crippen LogP contribution in [-0.4, -0.2) is 15.5 Å². The Balaban J connectivity index is 1.62. The predicted molar refractivity (Wildman–Crippen MR) is 108 cm³/mol. The molecule has 0 aliphatic rings. The number of hydrogen-bond acceptors (Lipinski definition) is 3. The SMILES string of the molecule is Cn1c(-c2ccc(C(=O)Nc3cc(C(F)(F)F)ccc3Cl)s2)nc2ccccc21. The van der Waals surface area contributed by atoms with Gasteiger partial charge in [-0.05, 0) is 42.5 Å². The van der Waals surface area contributed by atoms with Gasteiger partial charge >= 0.3 is 6.18 Å². The van der Waals surface area contributed by atoms with Gasteiger partial charge in [0.15, 0.2) is 5.82 Å². The molecule has 1 N–H and O–H groups in total. The van der Waals surface area contributed by atoms with Gasteiger partial charge in [0.1, 0.15) is 0 Å². The fraction of sp³-hybridized carbons (Fsp3) is 0.100. The fourth-order valence-corrected chi connectivity index (χ4v) is 4.02. The number of nitrogens with zero attached hydrogens (tertiary/aromatic N) is 2. The molecule has 0 atom stereocenters. The molecule has 0 spiro atoms. The fourth-order valence-electron chi connectivity index (χ4n) is 2.93. The van der Waals surface area contributed by atoms with Gasteiger partial charge in [0.05, 0.1) is 37.1 Å². The van der Waals surface area contributed by atoms with Gasteiger partial charge in [0.2, 0.25) is 0 Å². The van der Waals surface area contributed by atoms with Crippen molar-refractivity contribution in [2.75, 3.05) is 5.32 Å². The topological polar surface area (TPSA) is 46.9 Å². The van der Waals surface area contributed by atoms with Crippen LogP contribution in [0.1, 0.15) is 15.2 Å². The van der Waals surface area contributed by atoms with Crippen molar-refractivity contribution < 1.29 is 18.0 Å². The van der Waals surface area contributed by atoms with Gasteiger partial charge in [0.25, 0.3) is 5.91 Å². The number of nitrogens with one attached hydrogen (secondary N) is 1. The summed E-state index contributed by atoms with van der Waals surface area (Å²) in [5.41, 5.74) is 0.811. The standard InChI is InChI=1S/C20H13ClF3N3OS/c1-27-15-5-3-2-4-13(15)25-18(27)16-8-9-17(29-16)19(28)26-14-10-11(20(22,23)24)6-7-12(14)21/h2-10H,1H3,(H,26,28). The maximum Gasteiger partial charge on any atom is 0.416 e. The minimum Gasteiger partial charge on any atom is -0.326 e. The monoisotopic (exact) mass is 435 g/mol. The number of amides is 1. The van der Waals surface area contributed by atoms with E-state index in [1.54, 1.807) is 12.1 Å². The lowest BCUT2D eigenvalue weighted by Crippen LogP contribution is -2.12. The number of hydrogen-bond donors (Lipinski definition) is 1. The highest BCUT2D eigenvalue weighted by atomic mass is 35.5. The first kappa shape index (κ1) is 19.5. The zero-order chi connectivity index (χ0) is 20.8. The Morgan fingerprint density at radius 3 is 2.62 bits per heavy atom. The highest BCUT2D eigenvalue weighted by Gasteiger charge is 2.31. The van der Waals surface area contributed by atoms with Gasteiger partial charge in [-0.3, -0.25) is 4.79 Å². The van der Waals surface area contributed by atoms with Crippen LogP contribution in [0.5, 0.6) is 0 Å². The van der Waals surface area contributed by atoms with Crippen molar-refractivity contribution in [1.82, 2.24) is 9.55 Å². The summed E-state index contributed by atoms with van der Waals surface area (Å²) in [5, 5.41) is 2.48. The summed E-state index contributed by atoms with van der Waals surface area (Å²) in [6.07, 6.45) is -4.53. The predicted octanol–water partition coefficient (Wildman–Crippen LogP) is 6.23. The first-order chi connectivity index (χ1) is 13.7. The molecule has 2 heterocycles. The van der Waals surface area contributed by atoms with Gasteiger partial charge < -0.3 is 9.88 Å². The van der Waals surface area contributed by atoms with Crippen LogP contribution in [0.4, 0.5) is 18.9 Å². The zero-order valence-corrected chi connectivity index (χ0v) is 16.5. The number of aromatic nitrogens is 2. The summed E-state index contributed by atoms with van der Waals surface area (Å²) in [5.74, 6) is 0.161. The summed E-state index contributed by atoms with van der Waals surface area (Å²) >= 11 is 7.15. The zero-order valence-electron chi connectivity index (χ0n) is 14.9. The van der Waals surface area contributed by atoms with Crippen LogP contribution in [0.15, 0.2) is 54.6 Å². The molecule has 0 saturated carbocycles. The number of carbonyl (C=O) groups excluding carboxylic acids is 1. The van der Waals surface area contributed by atoms with Gasteiger partial charge in [-0.15, -0.1) is 11.3 Å². The van der Waals surface area contributed by atoms with Gasteiger partial charge in [0, 0.05) is 7.05 Å². The van der Waals surface area contributed by atoms with Crippen molar-refractivity contribution in [3.63, 3.8) is 0 Å². The largest absolute Gasteiger partial charge is 0.416 e. The van der Waals surface area contributed by atoms with Crippen LogP contribution in [0.3, 0.4) is 0 Å². The smallest absolute Gasteiger partial charge is 0.326 e. The summed E-state index contributed by atoms with van der Waals surface area (Å²) < 4.78 is 40.7. The number of anilines is 1. The Morgan fingerprint density at radius 2 is 1.90 bits per heavy atom. The highest BCUT2D eigenvalue weighted by molar-refractivity contribution is 7.17. The van der Waals surface area contributed by atoms with Crippen LogP contribution in [-0.2, 0) is 13.2 Å². The van der Waals surface area contributed by atoms with Crippen molar-refractivity contribution in [1.29, 1.82) is 0 Å². The molecule has 2 aromatic heterocycles. The first-order valence-corrected chi connectivity index (χ1v) is 9.63. The molecule has 0 aliphatic carbocycles. The molecule has 2 aromatic carbocycles. The molecule has 1 amide bonds. The second-order valence-electron chi connectivity index (χ2n) is 6.29. The number of halogens is 4. The van der Waals surface area contributed by atoms with E-state index in [1.807, 2.05) is 35.9 Å². The molecule has 0 fully saturated rings. The highest BCUT2D eigenvalue weighted by Crippen LogP contribution is 2.35. The Labute approximate surface area is 172 Å². The van der Waals surface area contributed by atoms with E-state index in [0.717, 1.165) is 34.1 Å². The Morgan fingerprint density at radius 1 is 1.14 bits per heavy atom. The van der Waals surface area contributed by atoms with E-state index in [2.05, 4.69) is 10.3 Å². The molecule has 4 aromatic rings. The number of alkyl halides is 3. The quantitative estimate of drug-likeness (QED) is 0.415. The number of benzene rings is 2.